The second kappa shape index (κ2) is 9.07. The summed E-state index contributed by atoms with van der Waals surface area (Å²) in [5.74, 6) is 0.336. The number of allylic oxidation sites excluding steroid dienone is 1. The summed E-state index contributed by atoms with van der Waals surface area (Å²) in [6.07, 6.45) is 5.57. The van der Waals surface area contributed by atoms with Crippen LogP contribution in [0.15, 0.2) is 42.5 Å². The number of ketones is 1. The number of carbonyl (C=O) groups is 1. The molecule has 0 aromatic heterocycles. The van der Waals surface area contributed by atoms with Crippen LogP contribution >= 0.6 is 11.6 Å². The van der Waals surface area contributed by atoms with Crippen LogP contribution in [0, 0.1) is 0 Å². The lowest BCUT2D eigenvalue weighted by Gasteiger charge is -2.18. The molecule has 1 aliphatic rings. The summed E-state index contributed by atoms with van der Waals surface area (Å²) in [6, 6.07) is 10.5. The van der Waals surface area contributed by atoms with Crippen molar-refractivity contribution in [3.8, 4) is 11.5 Å². The van der Waals surface area contributed by atoms with Crippen molar-refractivity contribution < 1.29 is 14.6 Å². The van der Waals surface area contributed by atoms with Crippen LogP contribution < -0.4 is 4.74 Å². The first-order valence-corrected chi connectivity index (χ1v) is 9.63. The van der Waals surface area contributed by atoms with Gasteiger partial charge in [-0.05, 0) is 62.7 Å². The van der Waals surface area contributed by atoms with Gasteiger partial charge >= 0.3 is 0 Å². The van der Waals surface area contributed by atoms with Gasteiger partial charge in [0.2, 0.25) is 0 Å². The standard InChI is InChI=1S/C22H24ClNO3/c1-2-27-22-14-21(26)19(13-17(22)15-24-11-3-4-12-24)20(25)10-7-16-5-8-18(23)9-6-16/h5-10,13-14,26H,2-4,11-12,15H2,1H3/b10-7+. The Balaban J connectivity index is 1.84. The van der Waals surface area contributed by atoms with E-state index in [-0.39, 0.29) is 17.1 Å². The number of rotatable bonds is 7. The number of phenols is 1. The lowest BCUT2D eigenvalue weighted by atomic mass is 10.0. The number of likely N-dealkylation sites (tertiary alicyclic amines) is 1. The van der Waals surface area contributed by atoms with Crippen molar-refractivity contribution in [2.75, 3.05) is 19.7 Å². The Morgan fingerprint density at radius 2 is 1.93 bits per heavy atom. The molecule has 0 saturated carbocycles. The molecule has 3 rings (SSSR count). The van der Waals surface area contributed by atoms with Gasteiger partial charge in [0, 0.05) is 23.2 Å². The molecule has 0 atom stereocenters. The van der Waals surface area contributed by atoms with Crippen molar-refractivity contribution in [2.45, 2.75) is 26.3 Å². The largest absolute Gasteiger partial charge is 0.507 e. The van der Waals surface area contributed by atoms with Gasteiger partial charge in [-0.3, -0.25) is 9.69 Å². The summed E-state index contributed by atoms with van der Waals surface area (Å²) in [5.41, 5.74) is 2.09. The molecule has 1 fully saturated rings. The summed E-state index contributed by atoms with van der Waals surface area (Å²) < 4.78 is 5.67. The summed E-state index contributed by atoms with van der Waals surface area (Å²) >= 11 is 5.88. The maximum absolute atomic E-state index is 12.6. The van der Waals surface area contributed by atoms with Crippen molar-refractivity contribution in [2.24, 2.45) is 0 Å². The zero-order chi connectivity index (χ0) is 19.2. The van der Waals surface area contributed by atoms with Crippen molar-refractivity contribution in [3.05, 3.63) is 64.2 Å². The molecule has 0 spiro atoms. The molecule has 0 bridgehead atoms. The van der Waals surface area contributed by atoms with Crippen LogP contribution in [-0.2, 0) is 6.54 Å². The highest BCUT2D eigenvalue weighted by molar-refractivity contribution is 6.30. The number of hydrogen-bond acceptors (Lipinski definition) is 4. The minimum atomic E-state index is -0.242. The normalized spacial score (nSPS) is 14.7. The molecular weight excluding hydrogens is 362 g/mol. The van der Waals surface area contributed by atoms with Gasteiger partial charge in [0.15, 0.2) is 5.78 Å². The summed E-state index contributed by atoms with van der Waals surface area (Å²) in [6.45, 7) is 5.23. The number of aromatic hydroxyl groups is 1. The van der Waals surface area contributed by atoms with Gasteiger partial charge in [0.05, 0.1) is 12.2 Å². The molecule has 1 aliphatic heterocycles. The third kappa shape index (κ3) is 5.12. The van der Waals surface area contributed by atoms with Gasteiger partial charge in [-0.25, -0.2) is 0 Å². The Bertz CT molecular complexity index is 824. The summed E-state index contributed by atoms with van der Waals surface area (Å²) in [4.78, 5) is 15.0. The Kier molecular flexibility index (Phi) is 6.54. The summed E-state index contributed by atoms with van der Waals surface area (Å²) in [5, 5.41) is 11.0. The van der Waals surface area contributed by atoms with Gasteiger partial charge in [0.25, 0.3) is 0 Å². The van der Waals surface area contributed by atoms with Gasteiger partial charge in [-0.1, -0.05) is 29.8 Å². The molecule has 5 heteroatoms. The fraction of sp³-hybridized carbons (Fsp3) is 0.318. The van der Waals surface area contributed by atoms with Crippen LogP contribution in [0.5, 0.6) is 11.5 Å². The number of nitrogens with zero attached hydrogens (tertiary/aromatic N) is 1. The van der Waals surface area contributed by atoms with Crippen molar-refractivity contribution in [3.63, 3.8) is 0 Å². The first-order chi connectivity index (χ1) is 13.1. The molecule has 0 aliphatic carbocycles. The molecule has 0 amide bonds. The Morgan fingerprint density at radius 1 is 1.22 bits per heavy atom. The molecular formula is C22H24ClNO3. The van der Waals surface area contributed by atoms with E-state index in [1.54, 1.807) is 30.3 Å². The highest BCUT2D eigenvalue weighted by Gasteiger charge is 2.18. The van der Waals surface area contributed by atoms with Crippen LogP contribution in [0.4, 0.5) is 0 Å². The lowest BCUT2D eigenvalue weighted by molar-refractivity contribution is 0.104. The van der Waals surface area contributed by atoms with Crippen molar-refractivity contribution in [1.82, 2.24) is 4.90 Å². The van der Waals surface area contributed by atoms with E-state index in [0.29, 0.717) is 17.4 Å². The van der Waals surface area contributed by atoms with Crippen LogP contribution in [0.2, 0.25) is 5.02 Å². The van der Waals surface area contributed by atoms with E-state index in [4.69, 9.17) is 16.3 Å². The minimum Gasteiger partial charge on any atom is -0.507 e. The SMILES string of the molecule is CCOc1cc(O)c(C(=O)/C=C/c2ccc(Cl)cc2)cc1CN1CCCC1. The van der Waals surface area contributed by atoms with Crippen LogP contribution in [0.1, 0.15) is 41.3 Å². The average molecular weight is 386 g/mol. The number of halogens is 1. The van der Waals surface area contributed by atoms with Crippen molar-refractivity contribution >= 4 is 23.5 Å². The Morgan fingerprint density at radius 3 is 2.59 bits per heavy atom. The van der Waals surface area contributed by atoms with E-state index in [9.17, 15) is 9.90 Å². The molecule has 142 valence electrons. The monoisotopic (exact) mass is 385 g/mol. The number of phenolic OH excluding ortho intramolecular Hbond substituents is 1. The molecule has 0 radical (unpaired) electrons. The lowest BCUT2D eigenvalue weighted by Crippen LogP contribution is -2.19. The number of hydrogen-bond donors (Lipinski definition) is 1. The van der Waals surface area contributed by atoms with E-state index < -0.39 is 0 Å². The average Bonchev–Trinajstić information content (AvgIpc) is 3.16. The van der Waals surface area contributed by atoms with Gasteiger partial charge in [0.1, 0.15) is 11.5 Å². The van der Waals surface area contributed by atoms with E-state index in [0.717, 1.165) is 30.8 Å². The highest BCUT2D eigenvalue weighted by atomic mass is 35.5. The van der Waals surface area contributed by atoms with E-state index >= 15 is 0 Å². The predicted molar refractivity (Wildman–Crippen MR) is 109 cm³/mol. The number of benzene rings is 2. The van der Waals surface area contributed by atoms with Crippen molar-refractivity contribution in [1.29, 1.82) is 0 Å². The molecule has 27 heavy (non-hydrogen) atoms. The second-order valence-corrected chi connectivity index (χ2v) is 7.08. The smallest absolute Gasteiger partial charge is 0.189 e. The van der Waals surface area contributed by atoms with Crippen LogP contribution in [-0.4, -0.2) is 35.5 Å². The number of ether oxygens (including phenoxy) is 1. The third-order valence-electron chi connectivity index (χ3n) is 4.63. The molecule has 0 unspecified atom stereocenters. The van der Waals surface area contributed by atoms with Crippen LogP contribution in [0.25, 0.3) is 6.08 Å². The zero-order valence-electron chi connectivity index (χ0n) is 15.5. The Hall–Kier alpha value is -2.30. The maximum Gasteiger partial charge on any atom is 0.189 e. The molecule has 2 aromatic rings. The van der Waals surface area contributed by atoms with Gasteiger partial charge in [-0.2, -0.15) is 0 Å². The minimum absolute atomic E-state index is 0.0608. The summed E-state index contributed by atoms with van der Waals surface area (Å²) in [7, 11) is 0. The molecule has 1 saturated heterocycles. The molecule has 1 heterocycles. The van der Waals surface area contributed by atoms with Gasteiger partial charge < -0.3 is 9.84 Å². The van der Waals surface area contributed by atoms with E-state index in [1.807, 2.05) is 19.1 Å². The Labute approximate surface area is 165 Å². The van der Waals surface area contributed by atoms with Gasteiger partial charge in [-0.15, -0.1) is 0 Å². The number of carbonyl (C=O) groups excluding carboxylic acids is 1. The first kappa shape index (κ1) is 19.5. The molecule has 4 nitrogen and oxygen atoms in total. The maximum atomic E-state index is 12.6. The first-order valence-electron chi connectivity index (χ1n) is 9.26. The molecule has 1 N–H and O–H groups in total. The highest BCUT2D eigenvalue weighted by Crippen LogP contribution is 2.31. The molecule has 2 aromatic carbocycles. The second-order valence-electron chi connectivity index (χ2n) is 6.64. The predicted octanol–water partition coefficient (Wildman–Crippen LogP) is 4.94. The topological polar surface area (TPSA) is 49.8 Å². The zero-order valence-corrected chi connectivity index (χ0v) is 16.2. The fourth-order valence-corrected chi connectivity index (χ4v) is 3.37. The quantitative estimate of drug-likeness (QED) is 0.542. The van der Waals surface area contributed by atoms with E-state index in [1.165, 1.54) is 18.9 Å². The third-order valence-corrected chi connectivity index (χ3v) is 4.89. The van der Waals surface area contributed by atoms with Crippen LogP contribution in [0.3, 0.4) is 0 Å². The van der Waals surface area contributed by atoms with E-state index in [2.05, 4.69) is 4.90 Å². The fourth-order valence-electron chi connectivity index (χ4n) is 3.24.